The summed E-state index contributed by atoms with van der Waals surface area (Å²) in [4.78, 5) is 10.6. The quantitative estimate of drug-likeness (QED) is 0.691. The van der Waals surface area contributed by atoms with E-state index in [2.05, 4.69) is 6.92 Å². The Hall–Kier alpha value is -1.31. The highest BCUT2D eigenvalue weighted by Gasteiger charge is 2.08. The van der Waals surface area contributed by atoms with Crippen LogP contribution in [0.15, 0.2) is 30.3 Å². The molecule has 0 amide bonds. The van der Waals surface area contributed by atoms with Crippen molar-refractivity contribution in [1.29, 1.82) is 0 Å². The second-order valence-electron chi connectivity index (χ2n) is 3.18. The highest BCUT2D eigenvalue weighted by atomic mass is 16.5. The number of benzene rings is 1. The normalized spacial score (nSPS) is 12.1. The zero-order valence-corrected chi connectivity index (χ0v) is 8.40. The first kappa shape index (κ1) is 10.8. The van der Waals surface area contributed by atoms with Crippen LogP contribution in [0.4, 0.5) is 0 Å². The molecule has 0 aromatic heterocycles. The van der Waals surface area contributed by atoms with Gasteiger partial charge in [0.15, 0.2) is 6.10 Å². The molecule has 0 bridgehead atoms. The van der Waals surface area contributed by atoms with Crippen molar-refractivity contribution in [2.45, 2.75) is 32.3 Å². The first-order valence-electron chi connectivity index (χ1n) is 4.96. The van der Waals surface area contributed by atoms with Gasteiger partial charge in [-0.3, -0.25) is 4.79 Å². The molecule has 0 aliphatic heterocycles. The number of hydrogen-bond acceptors (Lipinski definition) is 2. The third-order valence-corrected chi connectivity index (χ3v) is 1.97. The molecule has 14 heavy (non-hydrogen) atoms. The van der Waals surface area contributed by atoms with Crippen LogP contribution in [0.5, 0.6) is 5.75 Å². The summed E-state index contributed by atoms with van der Waals surface area (Å²) in [7, 11) is 0. The Morgan fingerprint density at radius 1 is 1.36 bits per heavy atom. The molecule has 1 unspecified atom stereocenters. The molecule has 0 saturated carbocycles. The van der Waals surface area contributed by atoms with Crippen molar-refractivity contribution in [1.82, 2.24) is 0 Å². The van der Waals surface area contributed by atoms with E-state index in [1.165, 1.54) is 0 Å². The van der Waals surface area contributed by atoms with Gasteiger partial charge in [-0.05, 0) is 25.0 Å². The minimum absolute atomic E-state index is 0.419. The summed E-state index contributed by atoms with van der Waals surface area (Å²) in [6.07, 6.45) is 4.30. The zero-order chi connectivity index (χ0) is 10.2. The molecule has 2 nitrogen and oxygen atoms in total. The van der Waals surface area contributed by atoms with E-state index in [0.29, 0.717) is 0 Å². The highest BCUT2D eigenvalue weighted by molar-refractivity contribution is 5.57. The summed E-state index contributed by atoms with van der Waals surface area (Å²) in [6, 6.07) is 9.37. The number of ether oxygens (including phenoxy) is 1. The van der Waals surface area contributed by atoms with Gasteiger partial charge in [0.2, 0.25) is 6.29 Å². The number of hydrogen-bond donors (Lipinski definition) is 0. The van der Waals surface area contributed by atoms with Crippen LogP contribution >= 0.6 is 0 Å². The van der Waals surface area contributed by atoms with Gasteiger partial charge in [0.25, 0.3) is 0 Å². The van der Waals surface area contributed by atoms with E-state index in [1.54, 1.807) is 0 Å². The summed E-state index contributed by atoms with van der Waals surface area (Å²) < 4.78 is 5.44. The summed E-state index contributed by atoms with van der Waals surface area (Å²) >= 11 is 0. The molecule has 1 rings (SSSR count). The summed E-state index contributed by atoms with van der Waals surface area (Å²) in [5.41, 5.74) is 0. The van der Waals surface area contributed by atoms with Crippen LogP contribution in [0, 0.1) is 0 Å². The minimum atomic E-state index is -0.419. The average Bonchev–Trinajstić information content (AvgIpc) is 2.25. The number of para-hydroxylation sites is 1. The summed E-state index contributed by atoms with van der Waals surface area (Å²) in [6.45, 7) is 2.09. The molecule has 1 radical (unpaired) electrons. The van der Waals surface area contributed by atoms with Gasteiger partial charge >= 0.3 is 0 Å². The van der Waals surface area contributed by atoms with Crippen LogP contribution in [0.2, 0.25) is 0 Å². The Labute approximate surface area is 84.9 Å². The number of unbranched alkanes of at least 4 members (excludes halogenated alkanes) is 1. The van der Waals surface area contributed by atoms with Crippen LogP contribution in [0.1, 0.15) is 26.2 Å². The lowest BCUT2D eigenvalue weighted by Gasteiger charge is -2.11. The van der Waals surface area contributed by atoms with Crippen LogP contribution in [0.25, 0.3) is 0 Å². The van der Waals surface area contributed by atoms with Crippen molar-refractivity contribution in [3.05, 3.63) is 30.3 Å². The van der Waals surface area contributed by atoms with Gasteiger partial charge < -0.3 is 4.74 Å². The minimum Gasteiger partial charge on any atom is -0.482 e. The lowest BCUT2D eigenvalue weighted by Crippen LogP contribution is -2.17. The molecule has 0 fully saturated rings. The molecular formula is C12H15O2. The van der Waals surface area contributed by atoms with Gasteiger partial charge in [-0.2, -0.15) is 0 Å². The van der Waals surface area contributed by atoms with Gasteiger partial charge in [-0.15, -0.1) is 0 Å². The fourth-order valence-electron chi connectivity index (χ4n) is 1.19. The van der Waals surface area contributed by atoms with Crippen molar-refractivity contribution < 1.29 is 9.53 Å². The molecule has 0 saturated heterocycles. The predicted molar refractivity (Wildman–Crippen MR) is 56.1 cm³/mol. The van der Waals surface area contributed by atoms with Crippen LogP contribution in [0.3, 0.4) is 0 Å². The zero-order valence-electron chi connectivity index (χ0n) is 8.40. The van der Waals surface area contributed by atoms with E-state index in [1.807, 2.05) is 36.6 Å². The van der Waals surface area contributed by atoms with Crippen molar-refractivity contribution >= 4 is 6.29 Å². The van der Waals surface area contributed by atoms with E-state index < -0.39 is 6.10 Å². The molecule has 1 atom stereocenters. The molecule has 0 spiro atoms. The van der Waals surface area contributed by atoms with Crippen molar-refractivity contribution in [2.75, 3.05) is 0 Å². The lowest BCUT2D eigenvalue weighted by molar-refractivity contribution is 0.245. The standard InChI is InChI=1S/C12H15O2/c1-2-3-7-12(10-13)14-11-8-5-4-6-9-11/h4-6,8-9,12H,2-3,7H2,1H3. The summed E-state index contributed by atoms with van der Waals surface area (Å²) in [5, 5.41) is 0. The van der Waals surface area contributed by atoms with E-state index in [9.17, 15) is 4.79 Å². The van der Waals surface area contributed by atoms with Crippen molar-refractivity contribution in [3.63, 3.8) is 0 Å². The van der Waals surface area contributed by atoms with Crippen molar-refractivity contribution in [3.8, 4) is 5.75 Å². The summed E-state index contributed by atoms with van der Waals surface area (Å²) in [5.74, 6) is 0.733. The smallest absolute Gasteiger partial charge is 0.242 e. The van der Waals surface area contributed by atoms with E-state index in [4.69, 9.17) is 4.74 Å². The molecule has 0 N–H and O–H groups in total. The maximum Gasteiger partial charge on any atom is 0.242 e. The van der Waals surface area contributed by atoms with E-state index >= 15 is 0 Å². The third kappa shape index (κ3) is 3.60. The average molecular weight is 191 g/mol. The molecule has 0 aliphatic carbocycles. The Kier molecular flexibility index (Phi) is 4.76. The SMILES string of the molecule is CCCCC([C]=O)Oc1ccccc1. The third-order valence-electron chi connectivity index (χ3n) is 1.97. The second-order valence-corrected chi connectivity index (χ2v) is 3.18. The first-order valence-corrected chi connectivity index (χ1v) is 4.96. The number of rotatable bonds is 6. The maximum absolute atomic E-state index is 10.6. The van der Waals surface area contributed by atoms with Gasteiger partial charge in [0.05, 0.1) is 0 Å². The fourth-order valence-corrected chi connectivity index (χ4v) is 1.19. The molecule has 0 heterocycles. The molecule has 75 valence electrons. The van der Waals surface area contributed by atoms with E-state index in [0.717, 1.165) is 25.0 Å². The Bertz CT molecular complexity index is 256. The van der Waals surface area contributed by atoms with Gasteiger partial charge in [-0.1, -0.05) is 31.5 Å². The molecule has 1 aromatic rings. The molecule has 0 aliphatic rings. The fraction of sp³-hybridized carbons (Fsp3) is 0.417. The Morgan fingerprint density at radius 3 is 2.64 bits per heavy atom. The first-order chi connectivity index (χ1) is 6.86. The monoisotopic (exact) mass is 191 g/mol. The van der Waals surface area contributed by atoms with Crippen LogP contribution in [-0.4, -0.2) is 12.4 Å². The number of carbonyl (C=O) groups excluding carboxylic acids is 1. The lowest BCUT2D eigenvalue weighted by atomic mass is 10.2. The van der Waals surface area contributed by atoms with Gasteiger partial charge in [-0.25, -0.2) is 0 Å². The van der Waals surface area contributed by atoms with Gasteiger partial charge in [0, 0.05) is 0 Å². The predicted octanol–water partition coefficient (Wildman–Crippen LogP) is 2.73. The second kappa shape index (κ2) is 6.19. The largest absolute Gasteiger partial charge is 0.482 e. The Balaban J connectivity index is 2.44. The van der Waals surface area contributed by atoms with E-state index in [-0.39, 0.29) is 0 Å². The maximum atomic E-state index is 10.6. The molecular weight excluding hydrogens is 176 g/mol. The Morgan fingerprint density at radius 2 is 2.07 bits per heavy atom. The van der Waals surface area contributed by atoms with Crippen LogP contribution in [-0.2, 0) is 4.79 Å². The molecule has 2 heteroatoms. The van der Waals surface area contributed by atoms with Gasteiger partial charge in [0.1, 0.15) is 5.75 Å². The topological polar surface area (TPSA) is 26.3 Å². The molecule has 1 aromatic carbocycles. The van der Waals surface area contributed by atoms with Crippen molar-refractivity contribution in [2.24, 2.45) is 0 Å². The highest BCUT2D eigenvalue weighted by Crippen LogP contribution is 2.12. The van der Waals surface area contributed by atoms with Crippen LogP contribution < -0.4 is 4.74 Å².